The van der Waals surface area contributed by atoms with Crippen LogP contribution in [-0.4, -0.2) is 22.0 Å². The fraction of sp³-hybridized carbons (Fsp3) is 0.375. The maximum atomic E-state index is 11.4. The Morgan fingerprint density at radius 2 is 1.83 bits per heavy atom. The lowest BCUT2D eigenvalue weighted by molar-refractivity contribution is -0.120. The molecule has 8 nitrogen and oxygen atoms in total. The third kappa shape index (κ3) is 6.07. The molecule has 1 aromatic heterocycles. The predicted molar refractivity (Wildman–Crippen MR) is 89.7 cm³/mol. The van der Waals surface area contributed by atoms with Crippen molar-refractivity contribution in [3.05, 3.63) is 41.6 Å². The minimum atomic E-state index is -0.565. The number of nitrogen functional groups attached to an aromatic ring is 1. The molecule has 1 atom stereocenters. The van der Waals surface area contributed by atoms with E-state index in [1.165, 1.54) is 6.92 Å². The zero-order valence-corrected chi connectivity index (χ0v) is 14.1. The summed E-state index contributed by atoms with van der Waals surface area (Å²) < 4.78 is 5.39. The van der Waals surface area contributed by atoms with E-state index in [-0.39, 0.29) is 24.1 Å². The van der Waals surface area contributed by atoms with Crippen LogP contribution in [0, 0.1) is 0 Å². The lowest BCUT2D eigenvalue weighted by atomic mass is 10.1. The molecule has 0 fully saturated rings. The number of primary amides is 1. The summed E-state index contributed by atoms with van der Waals surface area (Å²) >= 11 is 0. The average molecular weight is 333 g/mol. The molecule has 2 aromatic rings. The van der Waals surface area contributed by atoms with Gasteiger partial charge >= 0.3 is 0 Å². The van der Waals surface area contributed by atoms with Crippen LogP contribution in [0.25, 0.3) is 0 Å². The normalized spacial score (nSPS) is 11.1. The summed E-state index contributed by atoms with van der Waals surface area (Å²) in [4.78, 5) is 22.2. The van der Waals surface area contributed by atoms with E-state index in [1.807, 2.05) is 26.0 Å². The molecule has 0 bridgehead atoms. The Balaban J connectivity index is 0.00000139. The van der Waals surface area contributed by atoms with Crippen LogP contribution in [0.2, 0.25) is 0 Å². The van der Waals surface area contributed by atoms with Crippen molar-refractivity contribution in [3.63, 3.8) is 0 Å². The van der Waals surface area contributed by atoms with Gasteiger partial charge < -0.3 is 21.2 Å². The number of nitrogens with one attached hydrogen (secondary N) is 1. The number of carbonyl (C=O) groups is 2. The molecule has 1 unspecified atom stereocenters. The standard InChI is InChI=1S/C14H17N5O3.C2H6/c1-8(20)17-11(6-9-2-4-10(15)5-3-9)14-19-18-13(22-14)7-12(16)21;1-2/h2-5,11H,6-7,15H2,1H3,(H2,16,21)(H,17,20);1-2H3. The van der Waals surface area contributed by atoms with Crippen LogP contribution >= 0.6 is 0 Å². The highest BCUT2D eigenvalue weighted by molar-refractivity contribution is 5.75. The molecule has 0 aliphatic heterocycles. The van der Waals surface area contributed by atoms with Crippen molar-refractivity contribution in [2.24, 2.45) is 5.73 Å². The maximum Gasteiger partial charge on any atom is 0.239 e. The first-order chi connectivity index (χ1) is 11.4. The quantitative estimate of drug-likeness (QED) is 0.677. The van der Waals surface area contributed by atoms with E-state index in [2.05, 4.69) is 15.5 Å². The van der Waals surface area contributed by atoms with E-state index >= 15 is 0 Å². The Morgan fingerprint density at radius 3 is 2.38 bits per heavy atom. The summed E-state index contributed by atoms with van der Waals surface area (Å²) in [7, 11) is 0. The van der Waals surface area contributed by atoms with E-state index in [4.69, 9.17) is 15.9 Å². The third-order valence-corrected chi connectivity index (χ3v) is 2.90. The summed E-state index contributed by atoms with van der Waals surface area (Å²) in [6.07, 6.45) is 0.319. The average Bonchev–Trinajstić information content (AvgIpc) is 2.98. The molecular formula is C16H23N5O3. The minimum absolute atomic E-state index is 0.121. The van der Waals surface area contributed by atoms with Crippen molar-refractivity contribution in [3.8, 4) is 0 Å². The monoisotopic (exact) mass is 333 g/mol. The van der Waals surface area contributed by atoms with Crippen LogP contribution in [-0.2, 0) is 22.4 Å². The van der Waals surface area contributed by atoms with Gasteiger partial charge in [0.05, 0.1) is 0 Å². The number of amides is 2. The van der Waals surface area contributed by atoms with E-state index in [0.29, 0.717) is 12.1 Å². The molecule has 0 saturated carbocycles. The number of carbonyl (C=O) groups excluding carboxylic acids is 2. The number of hydrogen-bond acceptors (Lipinski definition) is 6. The van der Waals surface area contributed by atoms with E-state index in [9.17, 15) is 9.59 Å². The molecular weight excluding hydrogens is 310 g/mol. The number of nitrogens with two attached hydrogens (primary N) is 2. The lowest BCUT2D eigenvalue weighted by Gasteiger charge is -2.14. The highest BCUT2D eigenvalue weighted by Gasteiger charge is 2.20. The third-order valence-electron chi connectivity index (χ3n) is 2.90. The maximum absolute atomic E-state index is 11.4. The Kier molecular flexibility index (Phi) is 7.41. The number of anilines is 1. The van der Waals surface area contributed by atoms with Crippen LogP contribution < -0.4 is 16.8 Å². The van der Waals surface area contributed by atoms with Crippen LogP contribution in [0.15, 0.2) is 28.7 Å². The second kappa shape index (κ2) is 9.29. The second-order valence-electron chi connectivity index (χ2n) is 4.88. The molecule has 0 spiro atoms. The molecule has 130 valence electrons. The molecule has 1 aromatic carbocycles. The first-order valence-corrected chi connectivity index (χ1v) is 7.66. The van der Waals surface area contributed by atoms with Gasteiger partial charge in [0, 0.05) is 19.0 Å². The SMILES string of the molecule is CC.CC(=O)NC(Cc1ccc(N)cc1)c1nnc(CC(N)=O)o1. The molecule has 0 aliphatic carbocycles. The topological polar surface area (TPSA) is 137 Å². The molecule has 8 heteroatoms. The molecule has 2 amide bonds. The highest BCUT2D eigenvalue weighted by atomic mass is 16.4. The summed E-state index contributed by atoms with van der Waals surface area (Å²) in [5.41, 5.74) is 12.3. The molecule has 1 heterocycles. The zero-order chi connectivity index (χ0) is 18.1. The molecule has 0 saturated heterocycles. The van der Waals surface area contributed by atoms with Gasteiger partial charge in [0.1, 0.15) is 12.5 Å². The summed E-state index contributed by atoms with van der Waals surface area (Å²) in [6.45, 7) is 5.40. The van der Waals surface area contributed by atoms with E-state index < -0.39 is 11.9 Å². The fourth-order valence-corrected chi connectivity index (χ4v) is 1.96. The Labute approximate surface area is 140 Å². The van der Waals surface area contributed by atoms with Crippen LogP contribution in [0.5, 0.6) is 0 Å². The van der Waals surface area contributed by atoms with Crippen molar-refractivity contribution in [1.82, 2.24) is 15.5 Å². The van der Waals surface area contributed by atoms with Gasteiger partial charge in [-0.15, -0.1) is 10.2 Å². The van der Waals surface area contributed by atoms with Crippen LogP contribution in [0.1, 0.15) is 44.2 Å². The van der Waals surface area contributed by atoms with Gasteiger partial charge in [-0.3, -0.25) is 9.59 Å². The molecule has 0 aliphatic rings. The summed E-state index contributed by atoms with van der Waals surface area (Å²) in [5, 5.41) is 10.4. The molecule has 24 heavy (non-hydrogen) atoms. The van der Waals surface area contributed by atoms with Crippen molar-refractivity contribution in [2.75, 3.05) is 5.73 Å². The van der Waals surface area contributed by atoms with E-state index in [1.54, 1.807) is 12.1 Å². The Morgan fingerprint density at radius 1 is 1.21 bits per heavy atom. The summed E-state index contributed by atoms with van der Waals surface area (Å²) in [5.74, 6) is -0.446. The van der Waals surface area contributed by atoms with Gasteiger partial charge in [-0.05, 0) is 17.7 Å². The van der Waals surface area contributed by atoms with Gasteiger partial charge in [0.2, 0.25) is 23.6 Å². The predicted octanol–water partition coefficient (Wildman–Crippen LogP) is 1.13. The zero-order valence-electron chi connectivity index (χ0n) is 14.1. The lowest BCUT2D eigenvalue weighted by Crippen LogP contribution is -2.28. The van der Waals surface area contributed by atoms with Gasteiger partial charge in [-0.2, -0.15) is 0 Å². The van der Waals surface area contributed by atoms with Gasteiger partial charge in [-0.25, -0.2) is 0 Å². The van der Waals surface area contributed by atoms with Crippen molar-refractivity contribution >= 4 is 17.5 Å². The van der Waals surface area contributed by atoms with Crippen molar-refractivity contribution in [2.45, 2.75) is 39.7 Å². The number of benzene rings is 1. The molecule has 0 radical (unpaired) electrons. The first kappa shape index (κ1) is 19.1. The first-order valence-electron chi connectivity index (χ1n) is 7.66. The van der Waals surface area contributed by atoms with Gasteiger partial charge in [0.15, 0.2) is 0 Å². The number of aromatic nitrogens is 2. The van der Waals surface area contributed by atoms with Crippen LogP contribution in [0.3, 0.4) is 0 Å². The Bertz CT molecular complexity index is 667. The summed E-state index contributed by atoms with van der Waals surface area (Å²) in [6, 6.07) is 6.75. The number of nitrogens with zero attached hydrogens (tertiary/aromatic N) is 2. The molecule has 5 N–H and O–H groups in total. The second-order valence-corrected chi connectivity index (χ2v) is 4.88. The number of rotatable bonds is 6. The minimum Gasteiger partial charge on any atom is -0.422 e. The molecule has 2 rings (SSSR count). The van der Waals surface area contributed by atoms with Crippen molar-refractivity contribution < 1.29 is 14.0 Å². The van der Waals surface area contributed by atoms with Crippen LogP contribution in [0.4, 0.5) is 5.69 Å². The highest BCUT2D eigenvalue weighted by Crippen LogP contribution is 2.18. The largest absolute Gasteiger partial charge is 0.422 e. The fourth-order valence-electron chi connectivity index (χ4n) is 1.96. The van der Waals surface area contributed by atoms with Gasteiger partial charge in [-0.1, -0.05) is 26.0 Å². The Hall–Kier alpha value is -2.90. The van der Waals surface area contributed by atoms with E-state index in [0.717, 1.165) is 5.56 Å². The van der Waals surface area contributed by atoms with Crippen molar-refractivity contribution in [1.29, 1.82) is 0 Å². The smallest absolute Gasteiger partial charge is 0.239 e. The number of hydrogen-bond donors (Lipinski definition) is 3. The van der Waals surface area contributed by atoms with Gasteiger partial charge in [0.25, 0.3) is 0 Å².